The molecule has 0 saturated heterocycles. The predicted octanol–water partition coefficient (Wildman–Crippen LogP) is 0.969. The first kappa shape index (κ1) is 13.6. The van der Waals surface area contributed by atoms with E-state index in [4.69, 9.17) is 5.84 Å². The first-order chi connectivity index (χ1) is 9.26. The minimum Gasteiger partial charge on any atom is -0.271 e. The lowest BCUT2D eigenvalue weighted by molar-refractivity contribution is 0.477. The zero-order valence-corrected chi connectivity index (χ0v) is 10.8. The van der Waals surface area contributed by atoms with Crippen molar-refractivity contribution in [3.8, 4) is 0 Å². The number of nitrogens with two attached hydrogens (primary N) is 1. The van der Waals surface area contributed by atoms with Gasteiger partial charge in [0.2, 0.25) is 0 Å². The summed E-state index contributed by atoms with van der Waals surface area (Å²) < 4.78 is 15.5. The fourth-order valence-corrected chi connectivity index (χ4v) is 1.95. The number of hydrogen-bond donors (Lipinski definition) is 2. The zero-order valence-electron chi connectivity index (χ0n) is 10.8. The Morgan fingerprint density at radius 1 is 1.53 bits per heavy atom. The molecule has 0 fully saturated rings. The molecule has 0 amide bonds. The lowest BCUT2D eigenvalue weighted by Crippen LogP contribution is -2.31. The van der Waals surface area contributed by atoms with Crippen LogP contribution < -0.4 is 11.3 Å². The average molecular weight is 264 g/mol. The Morgan fingerprint density at radius 2 is 2.37 bits per heavy atom. The molecule has 0 aliphatic heterocycles. The topological polar surface area (TPSA) is 81.7 Å². The number of nitrogens with zero attached hydrogens (tertiary/aromatic N) is 4. The molecule has 0 aromatic carbocycles. The monoisotopic (exact) mass is 264 g/mol. The Kier molecular flexibility index (Phi) is 4.53. The highest BCUT2D eigenvalue weighted by Gasteiger charge is 2.17. The van der Waals surface area contributed by atoms with Gasteiger partial charge in [-0.15, -0.1) is 0 Å². The maximum atomic E-state index is 13.7. The van der Waals surface area contributed by atoms with E-state index in [1.54, 1.807) is 12.3 Å². The van der Waals surface area contributed by atoms with E-state index in [0.717, 1.165) is 18.8 Å². The molecular weight excluding hydrogens is 247 g/mol. The second kappa shape index (κ2) is 6.35. The summed E-state index contributed by atoms with van der Waals surface area (Å²) in [7, 11) is 0. The standard InChI is InChI=1S/C12H17FN6/c1-2-5-19-12(16-8-17-19)6-11(18-14)9-3-4-15-7-10(9)13/h3-4,7-8,11,18H,2,5-6,14H2,1H3. The normalized spacial score (nSPS) is 12.6. The van der Waals surface area contributed by atoms with Crippen molar-refractivity contribution in [2.24, 2.45) is 5.84 Å². The van der Waals surface area contributed by atoms with Crippen LogP contribution >= 0.6 is 0 Å². The van der Waals surface area contributed by atoms with Crippen LogP contribution in [0.1, 0.15) is 30.8 Å². The first-order valence-electron chi connectivity index (χ1n) is 6.18. The maximum Gasteiger partial charge on any atom is 0.146 e. The van der Waals surface area contributed by atoms with Gasteiger partial charge in [0.05, 0.1) is 12.2 Å². The summed E-state index contributed by atoms with van der Waals surface area (Å²) in [6.45, 7) is 2.85. The summed E-state index contributed by atoms with van der Waals surface area (Å²) in [5, 5.41) is 4.14. The van der Waals surface area contributed by atoms with Crippen LogP contribution in [0.15, 0.2) is 24.8 Å². The highest BCUT2D eigenvalue weighted by atomic mass is 19.1. The van der Waals surface area contributed by atoms with E-state index < -0.39 is 0 Å². The van der Waals surface area contributed by atoms with E-state index in [9.17, 15) is 4.39 Å². The minimum absolute atomic E-state index is 0.359. The van der Waals surface area contributed by atoms with Gasteiger partial charge in [0.1, 0.15) is 18.0 Å². The van der Waals surface area contributed by atoms with Gasteiger partial charge in [-0.2, -0.15) is 5.10 Å². The van der Waals surface area contributed by atoms with Crippen LogP contribution in [-0.2, 0) is 13.0 Å². The number of hydrazine groups is 1. The van der Waals surface area contributed by atoms with Crippen LogP contribution in [0.25, 0.3) is 0 Å². The first-order valence-corrected chi connectivity index (χ1v) is 6.18. The summed E-state index contributed by atoms with van der Waals surface area (Å²) >= 11 is 0. The molecule has 2 aromatic heterocycles. The third-order valence-corrected chi connectivity index (χ3v) is 2.90. The summed E-state index contributed by atoms with van der Waals surface area (Å²) in [6.07, 6.45) is 5.65. The van der Waals surface area contributed by atoms with E-state index >= 15 is 0 Å². The van der Waals surface area contributed by atoms with Gasteiger partial charge in [-0.25, -0.2) is 9.37 Å². The quantitative estimate of drug-likeness (QED) is 0.600. The second-order valence-corrected chi connectivity index (χ2v) is 4.22. The Hall–Kier alpha value is -1.86. The molecule has 19 heavy (non-hydrogen) atoms. The minimum atomic E-state index is -0.382. The smallest absolute Gasteiger partial charge is 0.146 e. The maximum absolute atomic E-state index is 13.7. The molecule has 1 unspecified atom stereocenters. The van der Waals surface area contributed by atoms with Gasteiger partial charge < -0.3 is 0 Å². The Morgan fingerprint density at radius 3 is 3.05 bits per heavy atom. The molecule has 0 aliphatic rings. The largest absolute Gasteiger partial charge is 0.271 e. The third kappa shape index (κ3) is 3.12. The molecule has 1 atom stereocenters. The van der Waals surface area contributed by atoms with Crippen molar-refractivity contribution >= 4 is 0 Å². The molecule has 2 aromatic rings. The Balaban J connectivity index is 2.19. The second-order valence-electron chi connectivity index (χ2n) is 4.22. The lowest BCUT2D eigenvalue weighted by Gasteiger charge is -2.16. The molecule has 102 valence electrons. The van der Waals surface area contributed by atoms with Crippen molar-refractivity contribution in [1.29, 1.82) is 0 Å². The van der Waals surface area contributed by atoms with E-state index in [2.05, 4.69) is 27.4 Å². The van der Waals surface area contributed by atoms with Crippen molar-refractivity contribution < 1.29 is 4.39 Å². The number of rotatable bonds is 6. The van der Waals surface area contributed by atoms with Crippen molar-refractivity contribution in [3.63, 3.8) is 0 Å². The van der Waals surface area contributed by atoms with Gasteiger partial charge in [-0.3, -0.25) is 20.9 Å². The predicted molar refractivity (Wildman–Crippen MR) is 68.3 cm³/mol. The van der Waals surface area contributed by atoms with Gasteiger partial charge >= 0.3 is 0 Å². The van der Waals surface area contributed by atoms with E-state index in [1.807, 2.05) is 4.68 Å². The number of aromatic nitrogens is 4. The van der Waals surface area contributed by atoms with Crippen LogP contribution in [-0.4, -0.2) is 19.7 Å². The molecule has 0 saturated carbocycles. The molecule has 0 aliphatic carbocycles. The van der Waals surface area contributed by atoms with Crippen molar-refractivity contribution in [3.05, 3.63) is 42.0 Å². The third-order valence-electron chi connectivity index (χ3n) is 2.90. The van der Waals surface area contributed by atoms with Gasteiger partial charge in [0.25, 0.3) is 0 Å². The van der Waals surface area contributed by atoms with Crippen molar-refractivity contribution in [1.82, 2.24) is 25.2 Å². The molecule has 6 nitrogen and oxygen atoms in total. The van der Waals surface area contributed by atoms with Crippen LogP contribution in [0, 0.1) is 5.82 Å². The fourth-order valence-electron chi connectivity index (χ4n) is 1.95. The van der Waals surface area contributed by atoms with Crippen molar-refractivity contribution in [2.75, 3.05) is 0 Å². The van der Waals surface area contributed by atoms with Crippen LogP contribution in [0.3, 0.4) is 0 Å². The molecule has 0 bridgehead atoms. The number of pyridine rings is 1. The Labute approximate surface area is 110 Å². The van der Waals surface area contributed by atoms with Gasteiger partial charge in [-0.1, -0.05) is 6.92 Å². The Bertz CT molecular complexity index is 526. The molecule has 7 heteroatoms. The fraction of sp³-hybridized carbons (Fsp3) is 0.417. The number of nitrogens with one attached hydrogen (secondary N) is 1. The average Bonchev–Trinajstić information content (AvgIpc) is 2.85. The number of halogens is 1. The van der Waals surface area contributed by atoms with Crippen LogP contribution in [0.4, 0.5) is 4.39 Å². The SMILES string of the molecule is CCCn1ncnc1CC(NN)c1ccncc1F. The van der Waals surface area contributed by atoms with E-state index in [0.29, 0.717) is 12.0 Å². The number of hydrogen-bond acceptors (Lipinski definition) is 5. The highest BCUT2D eigenvalue weighted by molar-refractivity contribution is 5.18. The molecule has 2 rings (SSSR count). The zero-order chi connectivity index (χ0) is 13.7. The molecule has 2 heterocycles. The molecular formula is C12H17FN6. The highest BCUT2D eigenvalue weighted by Crippen LogP contribution is 2.18. The summed E-state index contributed by atoms with van der Waals surface area (Å²) in [6, 6.07) is 1.25. The molecule has 0 spiro atoms. The van der Waals surface area contributed by atoms with E-state index in [1.165, 1.54) is 12.5 Å². The summed E-state index contributed by atoms with van der Waals surface area (Å²) in [4.78, 5) is 7.92. The lowest BCUT2D eigenvalue weighted by atomic mass is 10.1. The van der Waals surface area contributed by atoms with Gasteiger partial charge in [-0.05, 0) is 12.5 Å². The van der Waals surface area contributed by atoms with Crippen LogP contribution in [0.2, 0.25) is 0 Å². The summed E-state index contributed by atoms with van der Waals surface area (Å²) in [5.74, 6) is 5.92. The molecule has 3 N–H and O–H groups in total. The van der Waals surface area contributed by atoms with Crippen LogP contribution in [0.5, 0.6) is 0 Å². The number of aryl methyl sites for hydroxylation is 1. The van der Waals surface area contributed by atoms with Crippen molar-refractivity contribution in [2.45, 2.75) is 32.4 Å². The van der Waals surface area contributed by atoms with Gasteiger partial charge in [0, 0.05) is 24.7 Å². The van der Waals surface area contributed by atoms with E-state index in [-0.39, 0.29) is 11.9 Å². The molecule has 0 radical (unpaired) electrons. The van der Waals surface area contributed by atoms with Gasteiger partial charge in [0.15, 0.2) is 0 Å². The summed E-state index contributed by atoms with van der Waals surface area (Å²) in [5.41, 5.74) is 3.09.